The molecule has 0 spiro atoms. The quantitative estimate of drug-likeness (QED) is 0.828. The summed E-state index contributed by atoms with van der Waals surface area (Å²) < 4.78 is 0. The summed E-state index contributed by atoms with van der Waals surface area (Å²) in [6.07, 6.45) is 2.11. The number of halogens is 1. The van der Waals surface area contributed by atoms with Crippen LogP contribution in [-0.2, 0) is 4.79 Å². The number of rotatable bonds is 4. The first kappa shape index (κ1) is 16.7. The molecule has 24 heavy (non-hydrogen) atoms. The molecular formula is C17H17ClN4O2. The number of fused-ring (bicyclic) bond motifs is 1. The number of benzene rings is 1. The van der Waals surface area contributed by atoms with Crippen LogP contribution in [-0.4, -0.2) is 40.0 Å². The molecule has 1 unspecified atom stereocenters. The third-order valence-electron chi connectivity index (χ3n) is 4.20. The summed E-state index contributed by atoms with van der Waals surface area (Å²) in [5.41, 5.74) is 1.32. The van der Waals surface area contributed by atoms with Crippen molar-refractivity contribution >= 4 is 28.4 Å². The normalized spacial score (nSPS) is 18.5. The highest BCUT2D eigenvalue weighted by molar-refractivity contribution is 6.31. The second kappa shape index (κ2) is 7.14. The molecule has 0 bridgehead atoms. The summed E-state index contributed by atoms with van der Waals surface area (Å²) in [7, 11) is 0. The van der Waals surface area contributed by atoms with Gasteiger partial charge in [-0.25, -0.2) is 0 Å². The Morgan fingerprint density at radius 3 is 3.17 bits per heavy atom. The van der Waals surface area contributed by atoms with Gasteiger partial charge in [-0.1, -0.05) is 11.6 Å². The number of pyridine rings is 1. The van der Waals surface area contributed by atoms with Crippen LogP contribution in [0.1, 0.15) is 24.6 Å². The number of nitrogens with one attached hydrogen (secondary N) is 1. The summed E-state index contributed by atoms with van der Waals surface area (Å²) in [4.78, 5) is 18.0. The van der Waals surface area contributed by atoms with E-state index >= 15 is 0 Å². The Balaban J connectivity index is 1.72. The SMILES string of the molecule is N#C[C@@H]1CCCN1C(=O)CNC(O)c1ccnc2ccc(Cl)cc12. The largest absolute Gasteiger partial charge is 0.374 e. The van der Waals surface area contributed by atoms with Crippen LogP contribution >= 0.6 is 11.6 Å². The third kappa shape index (κ3) is 3.34. The average Bonchev–Trinajstić information content (AvgIpc) is 3.07. The number of carbonyl (C=O) groups is 1. The molecule has 0 saturated carbocycles. The minimum atomic E-state index is -1.03. The van der Waals surface area contributed by atoms with Crippen molar-refractivity contribution < 1.29 is 9.90 Å². The monoisotopic (exact) mass is 344 g/mol. The van der Waals surface area contributed by atoms with Crippen LogP contribution < -0.4 is 5.32 Å². The van der Waals surface area contributed by atoms with Crippen LogP contribution in [0, 0.1) is 11.3 Å². The van der Waals surface area contributed by atoms with E-state index in [0.717, 1.165) is 11.8 Å². The first-order valence-electron chi connectivity index (χ1n) is 7.75. The van der Waals surface area contributed by atoms with Gasteiger partial charge in [0.15, 0.2) is 0 Å². The number of aliphatic hydroxyl groups excluding tert-OH is 1. The van der Waals surface area contributed by atoms with Gasteiger partial charge in [-0.3, -0.25) is 15.1 Å². The van der Waals surface area contributed by atoms with Crippen molar-refractivity contribution in [3.8, 4) is 6.07 Å². The van der Waals surface area contributed by atoms with Crippen molar-refractivity contribution in [1.29, 1.82) is 5.26 Å². The minimum absolute atomic E-state index is 0.0380. The number of amides is 1. The molecule has 7 heteroatoms. The first-order valence-corrected chi connectivity index (χ1v) is 8.12. The number of aromatic nitrogens is 1. The van der Waals surface area contributed by atoms with E-state index in [-0.39, 0.29) is 18.5 Å². The summed E-state index contributed by atoms with van der Waals surface area (Å²) in [5, 5.41) is 23.6. The van der Waals surface area contributed by atoms with Gasteiger partial charge in [0.25, 0.3) is 0 Å². The molecule has 0 aliphatic carbocycles. The van der Waals surface area contributed by atoms with Gasteiger partial charge >= 0.3 is 0 Å². The Kier molecular flexibility index (Phi) is 4.95. The smallest absolute Gasteiger partial charge is 0.237 e. The van der Waals surface area contributed by atoms with Gasteiger partial charge in [-0.2, -0.15) is 5.26 Å². The van der Waals surface area contributed by atoms with E-state index in [9.17, 15) is 9.90 Å². The Morgan fingerprint density at radius 2 is 2.38 bits per heavy atom. The van der Waals surface area contributed by atoms with Gasteiger partial charge in [0.05, 0.1) is 18.1 Å². The number of nitriles is 1. The minimum Gasteiger partial charge on any atom is -0.374 e. The number of nitrogens with zero attached hydrogens (tertiary/aromatic N) is 3. The average molecular weight is 345 g/mol. The van der Waals surface area contributed by atoms with Crippen LogP contribution in [0.15, 0.2) is 30.5 Å². The number of likely N-dealkylation sites (tertiary alicyclic amines) is 1. The van der Waals surface area contributed by atoms with E-state index in [1.165, 1.54) is 0 Å². The van der Waals surface area contributed by atoms with E-state index in [1.54, 1.807) is 35.4 Å². The maximum atomic E-state index is 12.2. The second-order valence-corrected chi connectivity index (χ2v) is 6.16. The molecule has 1 aromatic heterocycles. The van der Waals surface area contributed by atoms with Crippen LogP contribution in [0.5, 0.6) is 0 Å². The molecule has 124 valence electrons. The lowest BCUT2D eigenvalue weighted by Gasteiger charge is -2.21. The number of carbonyl (C=O) groups excluding carboxylic acids is 1. The van der Waals surface area contributed by atoms with Crippen molar-refractivity contribution in [1.82, 2.24) is 15.2 Å². The van der Waals surface area contributed by atoms with Crippen LogP contribution in [0.3, 0.4) is 0 Å². The summed E-state index contributed by atoms with van der Waals surface area (Å²) in [6, 6.07) is 8.71. The summed E-state index contributed by atoms with van der Waals surface area (Å²) in [6.45, 7) is 0.548. The Morgan fingerprint density at radius 1 is 1.54 bits per heavy atom. The van der Waals surface area contributed by atoms with Gasteiger partial charge in [0.2, 0.25) is 5.91 Å². The van der Waals surface area contributed by atoms with Gasteiger partial charge in [0, 0.05) is 28.7 Å². The van der Waals surface area contributed by atoms with E-state index < -0.39 is 6.23 Å². The van der Waals surface area contributed by atoms with E-state index in [1.807, 2.05) is 0 Å². The van der Waals surface area contributed by atoms with Gasteiger partial charge < -0.3 is 10.0 Å². The van der Waals surface area contributed by atoms with Gasteiger partial charge in [-0.05, 0) is 37.1 Å². The third-order valence-corrected chi connectivity index (χ3v) is 4.44. The van der Waals surface area contributed by atoms with Gasteiger partial charge in [-0.15, -0.1) is 0 Å². The second-order valence-electron chi connectivity index (χ2n) is 5.72. The summed E-state index contributed by atoms with van der Waals surface area (Å²) >= 11 is 6.02. The highest BCUT2D eigenvalue weighted by Crippen LogP contribution is 2.24. The molecular weight excluding hydrogens is 328 g/mol. The van der Waals surface area contributed by atoms with E-state index in [2.05, 4.69) is 16.4 Å². The zero-order valence-electron chi connectivity index (χ0n) is 12.9. The van der Waals surface area contributed by atoms with E-state index in [4.69, 9.17) is 16.9 Å². The Bertz CT molecular complexity index is 805. The van der Waals surface area contributed by atoms with Crippen LogP contribution in [0.2, 0.25) is 5.02 Å². The zero-order chi connectivity index (χ0) is 17.1. The Hall–Kier alpha value is -2.20. The number of hydrogen-bond donors (Lipinski definition) is 2. The molecule has 1 amide bonds. The molecule has 2 N–H and O–H groups in total. The highest BCUT2D eigenvalue weighted by Gasteiger charge is 2.28. The number of aliphatic hydroxyl groups is 1. The van der Waals surface area contributed by atoms with E-state index in [0.29, 0.717) is 29.1 Å². The fraction of sp³-hybridized carbons (Fsp3) is 0.353. The van der Waals surface area contributed by atoms with Crippen molar-refractivity contribution in [2.75, 3.05) is 13.1 Å². The van der Waals surface area contributed by atoms with Crippen molar-refractivity contribution in [3.05, 3.63) is 41.0 Å². The molecule has 1 aliphatic heterocycles. The molecule has 1 aromatic carbocycles. The molecule has 2 heterocycles. The molecule has 1 aliphatic rings. The molecule has 0 radical (unpaired) electrons. The Labute approximate surface area is 144 Å². The van der Waals surface area contributed by atoms with Crippen LogP contribution in [0.25, 0.3) is 10.9 Å². The topological polar surface area (TPSA) is 89.2 Å². The van der Waals surface area contributed by atoms with Crippen molar-refractivity contribution in [3.63, 3.8) is 0 Å². The zero-order valence-corrected chi connectivity index (χ0v) is 13.7. The maximum Gasteiger partial charge on any atom is 0.237 e. The lowest BCUT2D eigenvalue weighted by Crippen LogP contribution is -2.41. The molecule has 2 atom stereocenters. The predicted molar refractivity (Wildman–Crippen MR) is 90.1 cm³/mol. The fourth-order valence-electron chi connectivity index (χ4n) is 2.97. The van der Waals surface area contributed by atoms with Crippen molar-refractivity contribution in [2.24, 2.45) is 0 Å². The van der Waals surface area contributed by atoms with Crippen molar-refractivity contribution in [2.45, 2.75) is 25.1 Å². The highest BCUT2D eigenvalue weighted by atomic mass is 35.5. The molecule has 1 fully saturated rings. The predicted octanol–water partition coefficient (Wildman–Crippen LogP) is 1.98. The maximum absolute atomic E-state index is 12.2. The lowest BCUT2D eigenvalue weighted by atomic mass is 10.1. The van der Waals surface area contributed by atoms with Gasteiger partial charge in [0.1, 0.15) is 12.3 Å². The fourth-order valence-corrected chi connectivity index (χ4v) is 3.15. The number of hydrogen-bond acceptors (Lipinski definition) is 5. The summed E-state index contributed by atoms with van der Waals surface area (Å²) in [5.74, 6) is -0.186. The molecule has 2 aromatic rings. The first-order chi connectivity index (χ1) is 11.6. The van der Waals surface area contributed by atoms with Crippen LogP contribution in [0.4, 0.5) is 0 Å². The lowest BCUT2D eigenvalue weighted by molar-refractivity contribution is -0.130. The molecule has 3 rings (SSSR count). The standard InChI is InChI=1S/C17H17ClN4O2/c18-11-3-4-15-14(8-11)13(5-6-20-15)17(24)21-10-16(23)22-7-1-2-12(22)9-19/h3-6,8,12,17,21,24H,1-2,7,10H2/t12-,17?/m0/s1. The molecule has 1 saturated heterocycles. The molecule has 6 nitrogen and oxygen atoms in total.